The topological polar surface area (TPSA) is 80.4 Å². The zero-order valence-corrected chi connectivity index (χ0v) is 9.05. The lowest BCUT2D eigenvalue weighted by molar-refractivity contribution is 0.483. The summed E-state index contributed by atoms with van der Waals surface area (Å²) < 4.78 is 31.0. The van der Waals surface area contributed by atoms with E-state index in [1.54, 1.807) is 6.07 Å². The summed E-state index contributed by atoms with van der Waals surface area (Å²) in [7, 11) is -4.19. The Morgan fingerprint density at radius 1 is 1.20 bits per heavy atom. The standard InChI is InChI=1S/C10H13NO3S/c11-10-8-4-2-1-3-7(8)5-6-9(10)15(12,13)14/h5-6H,1-4,11H2,(H,12,13,14). The van der Waals surface area contributed by atoms with Gasteiger partial charge >= 0.3 is 0 Å². The summed E-state index contributed by atoms with van der Waals surface area (Å²) in [6, 6.07) is 3.13. The van der Waals surface area contributed by atoms with Gasteiger partial charge in [0, 0.05) is 0 Å². The molecule has 0 amide bonds. The van der Waals surface area contributed by atoms with E-state index in [9.17, 15) is 8.42 Å². The molecule has 1 aromatic rings. The minimum atomic E-state index is -4.19. The minimum Gasteiger partial charge on any atom is -0.397 e. The molecule has 0 aromatic heterocycles. The van der Waals surface area contributed by atoms with E-state index in [4.69, 9.17) is 10.3 Å². The zero-order chi connectivity index (χ0) is 11.1. The van der Waals surface area contributed by atoms with Crippen LogP contribution in [0.5, 0.6) is 0 Å². The Morgan fingerprint density at radius 3 is 2.53 bits per heavy atom. The molecule has 0 heterocycles. The van der Waals surface area contributed by atoms with Gasteiger partial charge in [-0.2, -0.15) is 8.42 Å². The first-order valence-corrected chi connectivity index (χ1v) is 6.32. The summed E-state index contributed by atoms with van der Waals surface area (Å²) in [4.78, 5) is -0.164. The van der Waals surface area contributed by atoms with Crippen LogP contribution >= 0.6 is 0 Å². The molecular weight excluding hydrogens is 214 g/mol. The van der Waals surface area contributed by atoms with Crippen LogP contribution < -0.4 is 5.73 Å². The summed E-state index contributed by atoms with van der Waals surface area (Å²) in [6.07, 6.45) is 3.86. The molecule has 0 saturated carbocycles. The van der Waals surface area contributed by atoms with Gasteiger partial charge in [-0.3, -0.25) is 4.55 Å². The third-order valence-corrected chi connectivity index (χ3v) is 3.73. The first-order valence-electron chi connectivity index (χ1n) is 4.88. The molecule has 4 nitrogen and oxygen atoms in total. The van der Waals surface area contributed by atoms with E-state index in [1.807, 2.05) is 0 Å². The smallest absolute Gasteiger partial charge is 0.296 e. The van der Waals surface area contributed by atoms with E-state index in [-0.39, 0.29) is 10.6 Å². The van der Waals surface area contributed by atoms with Gasteiger partial charge in [0.1, 0.15) is 4.90 Å². The van der Waals surface area contributed by atoms with Crippen molar-refractivity contribution in [2.45, 2.75) is 30.6 Å². The number of hydrogen-bond donors (Lipinski definition) is 2. The second-order valence-electron chi connectivity index (χ2n) is 3.80. The van der Waals surface area contributed by atoms with Crippen LogP contribution in [0.25, 0.3) is 0 Å². The van der Waals surface area contributed by atoms with Crippen molar-refractivity contribution in [1.29, 1.82) is 0 Å². The summed E-state index contributed by atoms with van der Waals surface area (Å²) in [6.45, 7) is 0. The van der Waals surface area contributed by atoms with E-state index < -0.39 is 10.1 Å². The van der Waals surface area contributed by atoms with Crippen molar-refractivity contribution < 1.29 is 13.0 Å². The predicted molar refractivity (Wildman–Crippen MR) is 57.3 cm³/mol. The number of hydrogen-bond acceptors (Lipinski definition) is 3. The van der Waals surface area contributed by atoms with Crippen LogP contribution in [-0.4, -0.2) is 13.0 Å². The first-order chi connectivity index (χ1) is 7.00. The largest absolute Gasteiger partial charge is 0.397 e. The van der Waals surface area contributed by atoms with Crippen molar-refractivity contribution >= 4 is 15.8 Å². The van der Waals surface area contributed by atoms with Crippen molar-refractivity contribution in [3.63, 3.8) is 0 Å². The monoisotopic (exact) mass is 227 g/mol. The molecule has 0 atom stereocenters. The molecule has 5 heteroatoms. The molecule has 0 fully saturated rings. The highest BCUT2D eigenvalue weighted by Gasteiger charge is 2.20. The number of aryl methyl sites for hydroxylation is 1. The van der Waals surface area contributed by atoms with Gasteiger partial charge in [-0.25, -0.2) is 0 Å². The quantitative estimate of drug-likeness (QED) is 0.561. The maximum atomic E-state index is 11.0. The van der Waals surface area contributed by atoms with Gasteiger partial charge in [-0.1, -0.05) is 6.07 Å². The average Bonchev–Trinajstić information content (AvgIpc) is 2.16. The van der Waals surface area contributed by atoms with Crippen molar-refractivity contribution in [2.75, 3.05) is 5.73 Å². The zero-order valence-electron chi connectivity index (χ0n) is 8.23. The summed E-state index contributed by atoms with van der Waals surface area (Å²) in [5.74, 6) is 0. The third kappa shape index (κ3) is 1.85. The molecule has 15 heavy (non-hydrogen) atoms. The third-order valence-electron chi connectivity index (χ3n) is 2.81. The highest BCUT2D eigenvalue weighted by Crippen LogP contribution is 2.30. The molecule has 2 rings (SSSR count). The summed E-state index contributed by atoms with van der Waals surface area (Å²) >= 11 is 0. The van der Waals surface area contributed by atoms with Crippen molar-refractivity contribution in [3.05, 3.63) is 23.3 Å². The lowest BCUT2D eigenvalue weighted by Gasteiger charge is -2.18. The van der Waals surface area contributed by atoms with E-state index >= 15 is 0 Å². The molecule has 1 aliphatic carbocycles. The SMILES string of the molecule is Nc1c(S(=O)(=O)O)ccc2c1CCCC2. The molecule has 1 aliphatic rings. The summed E-state index contributed by atoms with van der Waals surface area (Å²) in [5, 5.41) is 0. The maximum Gasteiger partial charge on any atom is 0.296 e. The second-order valence-corrected chi connectivity index (χ2v) is 5.19. The van der Waals surface area contributed by atoms with Gasteiger partial charge < -0.3 is 5.73 Å². The van der Waals surface area contributed by atoms with Gasteiger partial charge in [0.2, 0.25) is 0 Å². The molecule has 82 valence electrons. The number of anilines is 1. The van der Waals surface area contributed by atoms with Crippen LogP contribution in [0.2, 0.25) is 0 Å². The Hall–Kier alpha value is -1.07. The van der Waals surface area contributed by atoms with Gasteiger partial charge in [-0.05, 0) is 42.9 Å². The Morgan fingerprint density at radius 2 is 1.87 bits per heavy atom. The van der Waals surface area contributed by atoms with Crippen LogP contribution in [0.4, 0.5) is 5.69 Å². The van der Waals surface area contributed by atoms with Crippen LogP contribution in [0.3, 0.4) is 0 Å². The van der Waals surface area contributed by atoms with Gasteiger partial charge in [0.15, 0.2) is 0 Å². The van der Waals surface area contributed by atoms with Gasteiger partial charge in [0.05, 0.1) is 5.69 Å². The molecule has 0 unspecified atom stereocenters. The molecule has 0 radical (unpaired) electrons. The molecule has 0 bridgehead atoms. The Kier molecular flexibility index (Phi) is 2.44. The Labute approximate surface area is 88.9 Å². The highest BCUT2D eigenvalue weighted by atomic mass is 32.2. The number of fused-ring (bicyclic) bond motifs is 1. The lowest BCUT2D eigenvalue weighted by Crippen LogP contribution is -2.11. The highest BCUT2D eigenvalue weighted by molar-refractivity contribution is 7.86. The maximum absolute atomic E-state index is 11.0. The van der Waals surface area contributed by atoms with Gasteiger partial charge in [0.25, 0.3) is 10.1 Å². The number of nitrogens with two attached hydrogens (primary N) is 1. The normalized spacial score (nSPS) is 16.1. The second kappa shape index (κ2) is 3.50. The number of benzene rings is 1. The minimum absolute atomic E-state index is 0.164. The van der Waals surface area contributed by atoms with Crippen LogP contribution in [0.1, 0.15) is 24.0 Å². The fourth-order valence-electron chi connectivity index (χ4n) is 2.06. The lowest BCUT2D eigenvalue weighted by atomic mass is 9.91. The Bertz CT molecular complexity index is 494. The average molecular weight is 227 g/mol. The molecule has 0 aliphatic heterocycles. The van der Waals surface area contributed by atoms with E-state index in [2.05, 4.69) is 0 Å². The molecule has 0 spiro atoms. The molecule has 0 saturated heterocycles. The van der Waals surface area contributed by atoms with Crippen LogP contribution in [0, 0.1) is 0 Å². The molecule has 3 N–H and O–H groups in total. The van der Waals surface area contributed by atoms with Crippen LogP contribution in [0.15, 0.2) is 17.0 Å². The van der Waals surface area contributed by atoms with Gasteiger partial charge in [-0.15, -0.1) is 0 Å². The molecular formula is C10H13NO3S. The first kappa shape index (κ1) is 10.4. The fraction of sp³-hybridized carbons (Fsp3) is 0.400. The number of rotatable bonds is 1. The van der Waals surface area contributed by atoms with Crippen LogP contribution in [-0.2, 0) is 23.0 Å². The predicted octanol–water partition coefficient (Wildman–Crippen LogP) is 1.39. The van der Waals surface area contributed by atoms with Crippen molar-refractivity contribution in [3.8, 4) is 0 Å². The van der Waals surface area contributed by atoms with Crippen molar-refractivity contribution in [2.24, 2.45) is 0 Å². The van der Waals surface area contributed by atoms with E-state index in [1.165, 1.54) is 6.07 Å². The fourth-order valence-corrected chi connectivity index (χ4v) is 2.70. The Balaban J connectivity index is 2.63. The van der Waals surface area contributed by atoms with Crippen molar-refractivity contribution in [1.82, 2.24) is 0 Å². The van der Waals surface area contributed by atoms with E-state index in [0.717, 1.165) is 36.8 Å². The number of nitrogen functional groups attached to an aromatic ring is 1. The van der Waals surface area contributed by atoms with E-state index in [0.29, 0.717) is 0 Å². The summed E-state index contributed by atoms with van der Waals surface area (Å²) in [5.41, 5.74) is 7.96. The molecule has 1 aromatic carbocycles.